The Labute approximate surface area is 177 Å². The maximum Gasteiger partial charge on any atom is 0.147 e. The topological polar surface area (TPSA) is 21.7 Å². The number of rotatable bonds is 4. The molecule has 3 heteroatoms. The Bertz CT molecular complexity index is 1120. The number of para-hydroxylation sites is 3. The van der Waals surface area contributed by atoms with Crippen molar-refractivity contribution in [2.45, 2.75) is 5.60 Å². The van der Waals surface area contributed by atoms with Crippen molar-refractivity contribution < 1.29 is 9.47 Å². The van der Waals surface area contributed by atoms with Crippen LogP contribution in [0.4, 0.5) is 17.1 Å². The van der Waals surface area contributed by atoms with E-state index in [1.807, 2.05) is 18.2 Å². The van der Waals surface area contributed by atoms with Gasteiger partial charge in [-0.15, -0.1) is 0 Å². The number of anilines is 3. The zero-order chi connectivity index (χ0) is 20.6. The normalized spacial score (nSPS) is 14.0. The smallest absolute Gasteiger partial charge is 0.147 e. The first-order valence-electron chi connectivity index (χ1n) is 10.0. The van der Waals surface area contributed by atoms with Crippen molar-refractivity contribution in [3.8, 4) is 5.75 Å². The second kappa shape index (κ2) is 7.36. The second-order valence-corrected chi connectivity index (χ2v) is 7.32. The number of nitrogens with zero attached hydrogens (tertiary/aromatic N) is 1. The Morgan fingerprint density at radius 2 is 1.13 bits per heavy atom. The maximum absolute atomic E-state index is 6.41. The largest absolute Gasteiger partial charge is 0.497 e. The summed E-state index contributed by atoms with van der Waals surface area (Å²) in [6, 6.07) is 35.6. The van der Waals surface area contributed by atoms with Gasteiger partial charge in [0.25, 0.3) is 0 Å². The summed E-state index contributed by atoms with van der Waals surface area (Å²) in [5.41, 5.74) is 5.92. The molecular weight excluding hydrogens is 370 g/mol. The third-order valence-electron chi connectivity index (χ3n) is 5.87. The fourth-order valence-corrected chi connectivity index (χ4v) is 4.54. The van der Waals surface area contributed by atoms with E-state index in [1.165, 1.54) is 0 Å². The molecule has 0 radical (unpaired) electrons. The molecule has 0 amide bonds. The molecule has 5 rings (SSSR count). The Balaban J connectivity index is 1.83. The van der Waals surface area contributed by atoms with Gasteiger partial charge in [-0.05, 0) is 42.0 Å². The monoisotopic (exact) mass is 393 g/mol. The number of fused-ring (bicyclic) bond motifs is 2. The number of benzene rings is 4. The molecule has 0 saturated carbocycles. The standard InChI is InChI=1S/C27H23NO2/c1-29-22-18-16-20(17-19-22)27(30-2)23-12-6-8-14-25(23)28(21-10-4-3-5-11-21)26-15-9-7-13-24(26)27/h3-19H,1-2H3. The van der Waals surface area contributed by atoms with E-state index in [0.717, 1.165) is 39.5 Å². The zero-order valence-electron chi connectivity index (χ0n) is 17.1. The van der Waals surface area contributed by atoms with Crippen molar-refractivity contribution in [1.82, 2.24) is 0 Å². The van der Waals surface area contributed by atoms with Gasteiger partial charge in [-0.25, -0.2) is 0 Å². The van der Waals surface area contributed by atoms with E-state index < -0.39 is 5.60 Å². The summed E-state index contributed by atoms with van der Waals surface area (Å²) < 4.78 is 11.8. The van der Waals surface area contributed by atoms with Gasteiger partial charge in [0, 0.05) is 23.9 Å². The van der Waals surface area contributed by atoms with E-state index in [0.29, 0.717) is 0 Å². The van der Waals surface area contributed by atoms with Crippen LogP contribution in [0.15, 0.2) is 103 Å². The highest BCUT2D eigenvalue weighted by Crippen LogP contribution is 2.54. The third-order valence-corrected chi connectivity index (χ3v) is 5.87. The zero-order valence-corrected chi connectivity index (χ0v) is 17.1. The molecule has 3 nitrogen and oxygen atoms in total. The molecule has 4 aromatic carbocycles. The SMILES string of the molecule is COc1ccc(C2(OC)c3ccccc3N(c3ccccc3)c3ccccc32)cc1. The molecular formula is C27H23NO2. The molecule has 1 heterocycles. The number of methoxy groups -OCH3 is 2. The van der Waals surface area contributed by atoms with Crippen LogP contribution in [0.2, 0.25) is 0 Å². The number of ether oxygens (including phenoxy) is 2. The van der Waals surface area contributed by atoms with Gasteiger partial charge < -0.3 is 14.4 Å². The van der Waals surface area contributed by atoms with Crippen molar-refractivity contribution in [2.24, 2.45) is 0 Å². The lowest BCUT2D eigenvalue weighted by Gasteiger charge is -2.45. The van der Waals surface area contributed by atoms with E-state index in [-0.39, 0.29) is 0 Å². The van der Waals surface area contributed by atoms with Crippen LogP contribution in [0.5, 0.6) is 5.75 Å². The van der Waals surface area contributed by atoms with Crippen LogP contribution in [-0.2, 0) is 10.3 Å². The highest BCUT2D eigenvalue weighted by molar-refractivity contribution is 5.86. The van der Waals surface area contributed by atoms with E-state index in [4.69, 9.17) is 9.47 Å². The molecule has 0 saturated heterocycles. The van der Waals surface area contributed by atoms with Crippen LogP contribution < -0.4 is 9.64 Å². The molecule has 0 atom stereocenters. The quantitative estimate of drug-likeness (QED) is 0.399. The molecule has 4 aromatic rings. The molecule has 0 bridgehead atoms. The van der Waals surface area contributed by atoms with Crippen LogP contribution in [0.3, 0.4) is 0 Å². The maximum atomic E-state index is 6.41. The third kappa shape index (κ3) is 2.63. The summed E-state index contributed by atoms with van der Waals surface area (Å²) in [7, 11) is 3.47. The van der Waals surface area contributed by atoms with Gasteiger partial charge in [-0.1, -0.05) is 66.7 Å². The Kier molecular flexibility index (Phi) is 4.53. The molecule has 1 aliphatic heterocycles. The summed E-state index contributed by atoms with van der Waals surface area (Å²) in [6.07, 6.45) is 0. The predicted octanol–water partition coefficient (Wildman–Crippen LogP) is 6.42. The predicted molar refractivity (Wildman–Crippen MR) is 121 cm³/mol. The molecule has 0 fully saturated rings. The van der Waals surface area contributed by atoms with Gasteiger partial charge in [0.1, 0.15) is 11.4 Å². The molecule has 30 heavy (non-hydrogen) atoms. The van der Waals surface area contributed by atoms with Crippen molar-refractivity contribution in [1.29, 1.82) is 0 Å². The Morgan fingerprint density at radius 3 is 1.67 bits per heavy atom. The lowest BCUT2D eigenvalue weighted by molar-refractivity contribution is 0.0581. The highest BCUT2D eigenvalue weighted by Gasteiger charge is 2.45. The summed E-state index contributed by atoms with van der Waals surface area (Å²) in [4.78, 5) is 2.31. The lowest BCUT2D eigenvalue weighted by atomic mass is 9.75. The van der Waals surface area contributed by atoms with E-state index >= 15 is 0 Å². The van der Waals surface area contributed by atoms with Gasteiger partial charge in [0.05, 0.1) is 18.5 Å². The molecule has 0 aromatic heterocycles. The van der Waals surface area contributed by atoms with Crippen LogP contribution in [0.1, 0.15) is 16.7 Å². The molecule has 0 N–H and O–H groups in total. The van der Waals surface area contributed by atoms with Crippen molar-refractivity contribution in [3.63, 3.8) is 0 Å². The first-order valence-corrected chi connectivity index (χ1v) is 10.0. The van der Waals surface area contributed by atoms with Gasteiger partial charge in [0.15, 0.2) is 0 Å². The summed E-state index contributed by atoms with van der Waals surface area (Å²) in [6.45, 7) is 0. The minimum Gasteiger partial charge on any atom is -0.497 e. The molecule has 1 aliphatic rings. The van der Waals surface area contributed by atoms with Crippen LogP contribution in [-0.4, -0.2) is 14.2 Å². The van der Waals surface area contributed by atoms with Crippen molar-refractivity contribution in [3.05, 3.63) is 120 Å². The first kappa shape index (κ1) is 18.5. The average Bonchev–Trinajstić information content (AvgIpc) is 2.83. The van der Waals surface area contributed by atoms with E-state index in [2.05, 4.69) is 89.8 Å². The van der Waals surface area contributed by atoms with Crippen molar-refractivity contribution >= 4 is 17.1 Å². The van der Waals surface area contributed by atoms with Crippen molar-refractivity contribution in [2.75, 3.05) is 19.1 Å². The van der Waals surface area contributed by atoms with Crippen LogP contribution in [0, 0.1) is 0 Å². The van der Waals surface area contributed by atoms with Gasteiger partial charge in [-0.3, -0.25) is 0 Å². The molecule has 0 unspecified atom stereocenters. The van der Waals surface area contributed by atoms with Crippen LogP contribution >= 0.6 is 0 Å². The Hall–Kier alpha value is -3.56. The summed E-state index contributed by atoms with van der Waals surface area (Å²) >= 11 is 0. The number of hydrogen-bond acceptors (Lipinski definition) is 3. The average molecular weight is 393 g/mol. The van der Waals surface area contributed by atoms with Gasteiger partial charge >= 0.3 is 0 Å². The molecule has 0 aliphatic carbocycles. The summed E-state index contributed by atoms with van der Waals surface area (Å²) in [5.74, 6) is 0.827. The first-order chi connectivity index (χ1) is 14.8. The van der Waals surface area contributed by atoms with E-state index in [9.17, 15) is 0 Å². The Morgan fingerprint density at radius 1 is 0.600 bits per heavy atom. The minimum absolute atomic E-state index is 0.718. The second-order valence-electron chi connectivity index (χ2n) is 7.32. The fourth-order valence-electron chi connectivity index (χ4n) is 4.54. The fraction of sp³-hybridized carbons (Fsp3) is 0.111. The van der Waals surface area contributed by atoms with Gasteiger partial charge in [0.2, 0.25) is 0 Å². The number of hydrogen-bond donors (Lipinski definition) is 0. The minimum atomic E-state index is -0.718. The molecule has 148 valence electrons. The highest BCUT2D eigenvalue weighted by atomic mass is 16.5. The lowest BCUT2D eigenvalue weighted by Crippen LogP contribution is -2.38. The van der Waals surface area contributed by atoms with E-state index in [1.54, 1.807) is 14.2 Å². The van der Waals surface area contributed by atoms with Crippen LogP contribution in [0.25, 0.3) is 0 Å². The summed E-state index contributed by atoms with van der Waals surface area (Å²) in [5, 5.41) is 0. The van der Waals surface area contributed by atoms with Gasteiger partial charge in [-0.2, -0.15) is 0 Å². The molecule has 0 spiro atoms.